The molecule has 4 rings (SSSR count). The summed E-state index contributed by atoms with van der Waals surface area (Å²) in [5.74, 6) is 0.146. The van der Waals surface area contributed by atoms with Gasteiger partial charge in [-0.1, -0.05) is 41.9 Å². The van der Waals surface area contributed by atoms with Crippen molar-refractivity contribution in [3.63, 3.8) is 0 Å². The molecule has 200 valence electrons. The summed E-state index contributed by atoms with van der Waals surface area (Å²) in [6.45, 7) is 3.89. The highest BCUT2D eigenvalue weighted by atomic mass is 35.5. The molecular weight excluding hydrogens is 528 g/mol. The highest BCUT2D eigenvalue weighted by Gasteiger charge is 2.24. The lowest BCUT2D eigenvalue weighted by atomic mass is 10.1. The van der Waals surface area contributed by atoms with Crippen LogP contribution in [-0.4, -0.2) is 61.0 Å². The lowest BCUT2D eigenvalue weighted by Crippen LogP contribution is -2.39. The van der Waals surface area contributed by atoms with Gasteiger partial charge in [0, 0.05) is 37.7 Å². The van der Waals surface area contributed by atoms with Crippen molar-refractivity contribution in [2.45, 2.75) is 32.3 Å². The van der Waals surface area contributed by atoms with Crippen LogP contribution >= 0.6 is 22.9 Å². The molecule has 0 spiro atoms. The van der Waals surface area contributed by atoms with Crippen LogP contribution in [0.4, 0.5) is 15.5 Å². The number of methoxy groups -OCH3 is 1. The Morgan fingerprint density at radius 3 is 2.61 bits per heavy atom. The number of benzene rings is 2. The van der Waals surface area contributed by atoms with Crippen LogP contribution in [0.1, 0.15) is 34.6 Å². The summed E-state index contributed by atoms with van der Waals surface area (Å²) in [6.07, 6.45) is 1.59. The Morgan fingerprint density at radius 1 is 1.18 bits per heavy atom. The van der Waals surface area contributed by atoms with Gasteiger partial charge in [0.25, 0.3) is 0 Å². The van der Waals surface area contributed by atoms with Gasteiger partial charge in [0.1, 0.15) is 22.5 Å². The maximum atomic E-state index is 12.6. The molecule has 2 aromatic carbocycles. The van der Waals surface area contributed by atoms with Crippen LogP contribution in [0.3, 0.4) is 0 Å². The smallest absolute Gasteiger partial charge is 0.412 e. The zero-order valence-corrected chi connectivity index (χ0v) is 22.7. The van der Waals surface area contributed by atoms with Crippen LogP contribution in [0.2, 0.25) is 5.02 Å². The molecule has 0 radical (unpaired) electrons. The van der Waals surface area contributed by atoms with E-state index in [-0.39, 0.29) is 23.5 Å². The second-order valence-corrected chi connectivity index (χ2v) is 10.4. The highest BCUT2D eigenvalue weighted by Crippen LogP contribution is 2.33. The van der Waals surface area contributed by atoms with E-state index in [1.54, 1.807) is 0 Å². The van der Waals surface area contributed by atoms with Crippen molar-refractivity contribution in [3.8, 4) is 17.0 Å². The number of halogens is 1. The van der Waals surface area contributed by atoms with Gasteiger partial charge in [-0.05, 0) is 25.8 Å². The number of nitrogens with one attached hydrogen (secondary N) is 2. The number of aromatic nitrogens is 1. The molecule has 1 aliphatic rings. The quantitative estimate of drug-likeness (QED) is 0.328. The number of aldehydes is 1. The number of amides is 2. The van der Waals surface area contributed by atoms with E-state index in [0.717, 1.165) is 16.3 Å². The summed E-state index contributed by atoms with van der Waals surface area (Å²) in [5, 5.41) is 7.43. The molecule has 9 nitrogen and oxygen atoms in total. The molecule has 1 aliphatic heterocycles. The van der Waals surface area contributed by atoms with Crippen molar-refractivity contribution in [2.24, 2.45) is 0 Å². The van der Waals surface area contributed by atoms with Crippen LogP contribution in [-0.2, 0) is 9.53 Å². The van der Waals surface area contributed by atoms with Crippen LogP contribution in [0.15, 0.2) is 42.5 Å². The standard InChI is InChI=1S/C27H29ClN4O5S/c1-17-29-25(18-6-4-3-5-7-18)26(38-17)31-27(35)37-20-8-11-32(12-9-20)13-10-24(34)30-22-15-23(36-2)19(16-33)14-21(22)28/h3-7,14-16,20H,8-13H2,1-2H3,(H,30,34)(H,31,35). The largest absolute Gasteiger partial charge is 0.496 e. The SMILES string of the molecule is COc1cc(NC(=O)CCN2CCC(OC(=O)Nc3sc(C)nc3-c3ccccc3)CC2)c(Cl)cc1C=O. The number of piperidine rings is 1. The molecular formula is C27H29ClN4O5S. The van der Waals surface area contributed by atoms with Gasteiger partial charge in [-0.15, -0.1) is 11.3 Å². The van der Waals surface area contributed by atoms with Crippen molar-refractivity contribution in [1.82, 2.24) is 9.88 Å². The van der Waals surface area contributed by atoms with Crippen LogP contribution in [0, 0.1) is 6.92 Å². The zero-order chi connectivity index (χ0) is 27.1. The first kappa shape index (κ1) is 27.6. The number of thiazole rings is 1. The predicted octanol–water partition coefficient (Wildman–Crippen LogP) is 5.63. The number of hydrogen-bond donors (Lipinski definition) is 2. The Kier molecular flexibility index (Phi) is 9.33. The van der Waals surface area contributed by atoms with Crippen molar-refractivity contribution in [1.29, 1.82) is 0 Å². The van der Waals surface area contributed by atoms with Crippen LogP contribution in [0.25, 0.3) is 11.3 Å². The van der Waals surface area contributed by atoms with Gasteiger partial charge in [-0.2, -0.15) is 0 Å². The normalized spacial score (nSPS) is 14.1. The van der Waals surface area contributed by atoms with Crippen LogP contribution in [0.5, 0.6) is 5.75 Å². The van der Waals surface area contributed by atoms with E-state index >= 15 is 0 Å². The zero-order valence-electron chi connectivity index (χ0n) is 21.2. The summed E-state index contributed by atoms with van der Waals surface area (Å²) in [5.41, 5.74) is 2.37. The van der Waals surface area contributed by atoms with Crippen LogP contribution < -0.4 is 15.4 Å². The van der Waals surface area contributed by atoms with E-state index in [1.165, 1.54) is 30.6 Å². The molecule has 0 unspecified atom stereocenters. The molecule has 0 bridgehead atoms. The molecule has 0 atom stereocenters. The predicted molar refractivity (Wildman–Crippen MR) is 148 cm³/mol. The van der Waals surface area contributed by atoms with Crippen molar-refractivity contribution in [2.75, 3.05) is 37.4 Å². The topological polar surface area (TPSA) is 110 Å². The Morgan fingerprint density at radius 2 is 1.92 bits per heavy atom. The Bertz CT molecular complexity index is 1290. The minimum atomic E-state index is -0.489. The average Bonchev–Trinajstić information content (AvgIpc) is 3.29. The van der Waals surface area contributed by atoms with Gasteiger partial charge in [0.2, 0.25) is 5.91 Å². The number of anilines is 2. The van der Waals surface area contributed by atoms with E-state index in [9.17, 15) is 14.4 Å². The second-order valence-electron chi connectivity index (χ2n) is 8.84. The summed E-state index contributed by atoms with van der Waals surface area (Å²) in [7, 11) is 1.45. The second kappa shape index (κ2) is 12.9. The third-order valence-electron chi connectivity index (χ3n) is 6.18. The first-order valence-electron chi connectivity index (χ1n) is 12.2. The number of carbonyl (C=O) groups excluding carboxylic acids is 3. The molecule has 1 fully saturated rings. The molecule has 0 aliphatic carbocycles. The third-order valence-corrected chi connectivity index (χ3v) is 7.38. The van der Waals surface area contributed by atoms with Crippen molar-refractivity contribution < 1.29 is 23.9 Å². The number of hydrogen-bond acceptors (Lipinski definition) is 8. The monoisotopic (exact) mass is 556 g/mol. The van der Waals surface area contributed by atoms with E-state index in [1.807, 2.05) is 37.3 Å². The molecule has 2 N–H and O–H groups in total. The molecule has 2 amide bonds. The number of aryl methyl sites for hydroxylation is 1. The molecule has 38 heavy (non-hydrogen) atoms. The van der Waals surface area contributed by atoms with Crippen molar-refractivity contribution >= 4 is 51.9 Å². The lowest BCUT2D eigenvalue weighted by Gasteiger charge is -2.31. The Hall–Kier alpha value is -3.47. The first-order chi connectivity index (χ1) is 18.4. The Balaban J connectivity index is 1.22. The first-order valence-corrected chi connectivity index (χ1v) is 13.4. The molecule has 1 aromatic heterocycles. The van der Waals surface area contributed by atoms with Gasteiger partial charge in [0.15, 0.2) is 6.29 Å². The van der Waals surface area contributed by atoms with Gasteiger partial charge >= 0.3 is 6.09 Å². The number of likely N-dealkylation sites (tertiary alicyclic amines) is 1. The number of nitrogens with zero attached hydrogens (tertiary/aromatic N) is 2. The molecule has 0 saturated carbocycles. The van der Waals surface area contributed by atoms with Gasteiger partial charge in [-0.25, -0.2) is 9.78 Å². The number of carbonyl (C=O) groups is 3. The van der Waals surface area contributed by atoms with E-state index in [2.05, 4.69) is 20.5 Å². The fourth-order valence-electron chi connectivity index (χ4n) is 4.23. The fraction of sp³-hybridized carbons (Fsp3) is 0.333. The fourth-order valence-corrected chi connectivity index (χ4v) is 5.28. The maximum Gasteiger partial charge on any atom is 0.412 e. The van der Waals surface area contributed by atoms with E-state index in [4.69, 9.17) is 21.1 Å². The van der Waals surface area contributed by atoms with Gasteiger partial charge in [-0.3, -0.25) is 14.9 Å². The highest BCUT2D eigenvalue weighted by molar-refractivity contribution is 7.16. The van der Waals surface area contributed by atoms with Crippen molar-refractivity contribution in [3.05, 3.63) is 58.1 Å². The molecule has 1 saturated heterocycles. The van der Waals surface area contributed by atoms with E-state index < -0.39 is 6.09 Å². The lowest BCUT2D eigenvalue weighted by molar-refractivity contribution is -0.116. The van der Waals surface area contributed by atoms with Gasteiger partial charge in [0.05, 0.1) is 28.4 Å². The Labute approximate surface area is 230 Å². The number of rotatable bonds is 9. The maximum absolute atomic E-state index is 12.6. The summed E-state index contributed by atoms with van der Waals surface area (Å²) in [4.78, 5) is 42.9. The van der Waals surface area contributed by atoms with E-state index in [0.29, 0.717) is 60.8 Å². The summed E-state index contributed by atoms with van der Waals surface area (Å²) >= 11 is 7.61. The minimum absolute atomic E-state index is 0.195. The summed E-state index contributed by atoms with van der Waals surface area (Å²) < 4.78 is 10.8. The molecule has 2 heterocycles. The molecule has 3 aromatic rings. The third kappa shape index (κ3) is 7.09. The van der Waals surface area contributed by atoms with Gasteiger partial charge < -0.3 is 19.7 Å². The summed E-state index contributed by atoms with van der Waals surface area (Å²) in [6, 6.07) is 12.7. The minimum Gasteiger partial charge on any atom is -0.496 e. The molecule has 11 heteroatoms. The number of ether oxygens (including phenoxy) is 2. The average molecular weight is 557 g/mol.